The van der Waals surface area contributed by atoms with Crippen LogP contribution in [0, 0.1) is 11.3 Å². The average Bonchev–Trinajstić information content (AvgIpc) is 3.05. The predicted octanol–water partition coefficient (Wildman–Crippen LogP) is 4.62. The van der Waals surface area contributed by atoms with Crippen LogP contribution in [0.2, 0.25) is 0 Å². The van der Waals surface area contributed by atoms with E-state index in [4.69, 9.17) is 22.2 Å². The van der Waals surface area contributed by atoms with Crippen LogP contribution in [0.1, 0.15) is 26.7 Å². The highest BCUT2D eigenvalue weighted by Gasteiger charge is 2.51. The lowest BCUT2D eigenvalue weighted by Gasteiger charge is -2.34. The number of ether oxygens (including phenoxy) is 1. The van der Waals surface area contributed by atoms with Gasteiger partial charge in [0.25, 0.3) is 0 Å². The molecule has 4 rings (SSSR count). The van der Waals surface area contributed by atoms with E-state index < -0.39 is 35.1 Å². The molecule has 0 amide bonds. The Balaban J connectivity index is 1.38. The Bertz CT molecular complexity index is 1240. The van der Waals surface area contributed by atoms with Gasteiger partial charge in [0.1, 0.15) is 5.75 Å². The second-order valence-electron chi connectivity index (χ2n) is 9.30. The van der Waals surface area contributed by atoms with Crippen LogP contribution < -0.4 is 4.74 Å². The molecule has 1 aliphatic heterocycles. The van der Waals surface area contributed by atoms with Crippen LogP contribution in [0.5, 0.6) is 5.75 Å². The van der Waals surface area contributed by atoms with Gasteiger partial charge in [0.05, 0.1) is 47.3 Å². The van der Waals surface area contributed by atoms with Crippen molar-refractivity contribution in [3.8, 4) is 23.1 Å². The van der Waals surface area contributed by atoms with Crippen molar-refractivity contribution in [2.75, 3.05) is 13.2 Å². The molecule has 0 bridgehead atoms. The van der Waals surface area contributed by atoms with Crippen LogP contribution >= 0.6 is 12.2 Å². The SMILES string of the molecule is CC1(C)C(O)N(C2C=C(C(F)(F)F)C(C#N)=CC2)C(=S)N1CCCOc1ccc(-c2ccncc2)nc1. The van der Waals surface area contributed by atoms with Crippen molar-refractivity contribution in [2.24, 2.45) is 0 Å². The molecular formula is C26H26F3N5O2S. The number of halogens is 3. The van der Waals surface area contributed by atoms with Gasteiger partial charge >= 0.3 is 6.18 Å². The minimum atomic E-state index is -4.68. The van der Waals surface area contributed by atoms with E-state index in [1.54, 1.807) is 38.5 Å². The fourth-order valence-electron chi connectivity index (χ4n) is 4.49. The van der Waals surface area contributed by atoms with Crippen molar-refractivity contribution in [1.82, 2.24) is 19.8 Å². The minimum Gasteiger partial charge on any atom is -0.492 e. The number of allylic oxidation sites excluding steroid dienone is 2. The lowest BCUT2D eigenvalue weighted by Crippen LogP contribution is -2.48. The lowest BCUT2D eigenvalue weighted by molar-refractivity contribution is -0.0902. The van der Waals surface area contributed by atoms with Gasteiger partial charge in [0, 0.05) is 24.5 Å². The monoisotopic (exact) mass is 529 g/mol. The van der Waals surface area contributed by atoms with E-state index in [0.717, 1.165) is 17.3 Å². The first-order chi connectivity index (χ1) is 17.5. The highest BCUT2D eigenvalue weighted by Crippen LogP contribution is 2.39. The third-order valence-electron chi connectivity index (χ3n) is 6.55. The van der Waals surface area contributed by atoms with Crippen molar-refractivity contribution < 1.29 is 23.0 Å². The number of thiocarbonyl (C=S) groups is 1. The van der Waals surface area contributed by atoms with E-state index in [1.165, 1.54) is 11.0 Å². The van der Waals surface area contributed by atoms with Crippen molar-refractivity contribution in [1.29, 1.82) is 5.26 Å². The number of alkyl halides is 3. The summed E-state index contributed by atoms with van der Waals surface area (Å²) in [6, 6.07) is 8.21. The molecule has 3 heterocycles. The highest BCUT2D eigenvalue weighted by molar-refractivity contribution is 7.80. The Morgan fingerprint density at radius 2 is 1.97 bits per heavy atom. The molecule has 2 atom stereocenters. The largest absolute Gasteiger partial charge is 0.492 e. The molecule has 0 spiro atoms. The number of nitrogens with zero attached hydrogens (tertiary/aromatic N) is 5. The maximum Gasteiger partial charge on any atom is 0.417 e. The number of pyridine rings is 2. The number of hydrogen-bond donors (Lipinski definition) is 1. The average molecular weight is 530 g/mol. The topological polar surface area (TPSA) is 85.5 Å². The smallest absolute Gasteiger partial charge is 0.417 e. The number of rotatable bonds is 7. The Morgan fingerprint density at radius 1 is 1.24 bits per heavy atom. The van der Waals surface area contributed by atoms with Gasteiger partial charge in [0.2, 0.25) is 0 Å². The molecule has 194 valence electrons. The van der Waals surface area contributed by atoms with Crippen molar-refractivity contribution in [2.45, 2.75) is 50.7 Å². The van der Waals surface area contributed by atoms with Crippen LogP contribution in [0.15, 0.2) is 66.2 Å². The summed E-state index contributed by atoms with van der Waals surface area (Å²) in [7, 11) is 0. The van der Waals surface area contributed by atoms with Crippen LogP contribution in [-0.4, -0.2) is 67.1 Å². The fourth-order valence-corrected chi connectivity index (χ4v) is 5.06. The predicted molar refractivity (Wildman–Crippen MR) is 135 cm³/mol. The summed E-state index contributed by atoms with van der Waals surface area (Å²) < 4.78 is 46.3. The van der Waals surface area contributed by atoms with E-state index in [-0.39, 0.29) is 11.5 Å². The molecule has 1 aliphatic carbocycles. The maximum atomic E-state index is 13.5. The Morgan fingerprint density at radius 3 is 2.59 bits per heavy atom. The normalized spacial score (nSPS) is 21.4. The molecule has 0 radical (unpaired) electrons. The third-order valence-corrected chi connectivity index (χ3v) is 6.98. The van der Waals surface area contributed by atoms with Gasteiger partial charge in [-0.15, -0.1) is 0 Å². The summed E-state index contributed by atoms with van der Waals surface area (Å²) in [5, 5.41) is 20.4. The first-order valence-electron chi connectivity index (χ1n) is 11.7. The number of aliphatic hydroxyl groups is 1. The summed E-state index contributed by atoms with van der Waals surface area (Å²) in [5.74, 6) is 0.606. The van der Waals surface area contributed by atoms with Gasteiger partial charge in [-0.05, 0) is 69.2 Å². The van der Waals surface area contributed by atoms with E-state index in [9.17, 15) is 18.3 Å². The van der Waals surface area contributed by atoms with Gasteiger partial charge in [-0.1, -0.05) is 6.08 Å². The molecule has 7 nitrogen and oxygen atoms in total. The molecule has 1 fully saturated rings. The summed E-state index contributed by atoms with van der Waals surface area (Å²) in [5.41, 5.74) is -0.510. The van der Waals surface area contributed by atoms with Crippen molar-refractivity contribution in [3.05, 3.63) is 66.2 Å². The second kappa shape index (κ2) is 10.5. The van der Waals surface area contributed by atoms with Crippen LogP contribution in [0.4, 0.5) is 13.2 Å². The van der Waals surface area contributed by atoms with Crippen molar-refractivity contribution in [3.63, 3.8) is 0 Å². The first-order valence-corrected chi connectivity index (χ1v) is 12.1. The number of hydrogen-bond acceptors (Lipinski definition) is 6. The zero-order valence-corrected chi connectivity index (χ0v) is 21.1. The van der Waals surface area contributed by atoms with Crippen LogP contribution in [-0.2, 0) is 0 Å². The zero-order chi connectivity index (χ0) is 26.8. The number of aliphatic hydroxyl groups excluding tert-OH is 1. The van der Waals surface area contributed by atoms with E-state index in [2.05, 4.69) is 9.97 Å². The molecular weight excluding hydrogens is 503 g/mol. The van der Waals surface area contributed by atoms with Gasteiger partial charge in [-0.25, -0.2) is 0 Å². The Hall–Kier alpha value is -3.49. The van der Waals surface area contributed by atoms with Crippen LogP contribution in [0.25, 0.3) is 11.3 Å². The first kappa shape index (κ1) is 26.6. The van der Waals surface area contributed by atoms with Crippen molar-refractivity contribution >= 4 is 17.3 Å². The molecule has 1 saturated heterocycles. The minimum absolute atomic E-state index is 0.134. The second-order valence-corrected chi connectivity index (χ2v) is 9.66. The van der Waals surface area contributed by atoms with Crippen LogP contribution in [0.3, 0.4) is 0 Å². The van der Waals surface area contributed by atoms with Gasteiger partial charge in [-0.3, -0.25) is 9.97 Å². The quantitative estimate of drug-likeness (QED) is 0.411. The standard InChI is InChI=1S/C26H26F3N5O2S/c1-25(2)23(35)34(19-5-4-18(15-30)21(14-19)26(27,28)29)24(37)33(25)12-3-13-36-20-6-7-22(32-16-20)17-8-10-31-11-9-17/h4,6-11,14,16,19,23,35H,3,5,12-13H2,1-2H3. The lowest BCUT2D eigenvalue weighted by atomic mass is 9.93. The molecule has 2 aliphatic rings. The third kappa shape index (κ3) is 5.45. The number of aromatic nitrogens is 2. The summed E-state index contributed by atoms with van der Waals surface area (Å²) in [6.45, 7) is 4.38. The van der Waals surface area contributed by atoms with Gasteiger partial charge in [-0.2, -0.15) is 18.4 Å². The molecule has 37 heavy (non-hydrogen) atoms. The maximum absolute atomic E-state index is 13.5. The summed E-state index contributed by atoms with van der Waals surface area (Å²) >= 11 is 5.60. The summed E-state index contributed by atoms with van der Waals surface area (Å²) in [6.07, 6.45) is 2.16. The fraction of sp³-hybridized carbons (Fsp3) is 0.385. The molecule has 2 aromatic heterocycles. The van der Waals surface area contributed by atoms with E-state index >= 15 is 0 Å². The van der Waals surface area contributed by atoms with Gasteiger partial charge < -0.3 is 19.6 Å². The number of nitriles is 1. The van der Waals surface area contributed by atoms with E-state index in [1.807, 2.05) is 29.2 Å². The molecule has 2 aromatic rings. The zero-order valence-electron chi connectivity index (χ0n) is 20.3. The molecule has 0 saturated carbocycles. The Labute approximate surface area is 218 Å². The van der Waals surface area contributed by atoms with E-state index in [0.29, 0.717) is 25.3 Å². The molecule has 1 N–H and O–H groups in total. The molecule has 11 heteroatoms. The Kier molecular flexibility index (Phi) is 7.52. The van der Waals surface area contributed by atoms with Gasteiger partial charge in [0.15, 0.2) is 11.3 Å². The highest BCUT2D eigenvalue weighted by atomic mass is 32.1. The molecule has 0 aromatic carbocycles. The molecule has 2 unspecified atom stereocenters. The summed E-state index contributed by atoms with van der Waals surface area (Å²) in [4.78, 5) is 11.6.